The highest BCUT2D eigenvalue weighted by atomic mass is 19.3. The molecule has 0 aliphatic carbocycles. The molecular weight excluding hydrogens is 244 g/mol. The lowest BCUT2D eigenvalue weighted by molar-refractivity contribution is 0.0203. The highest BCUT2D eigenvalue weighted by Gasteiger charge is 2.07. The molecule has 0 spiro atoms. The van der Waals surface area contributed by atoms with E-state index in [0.29, 0.717) is 16.8 Å². The van der Waals surface area contributed by atoms with Crippen molar-refractivity contribution in [3.63, 3.8) is 0 Å². The number of carbonyl (C=O) groups is 1. The number of oxime groups is 1. The average Bonchev–Trinajstić information content (AvgIpc) is 2.37. The van der Waals surface area contributed by atoms with Crippen molar-refractivity contribution in [3.8, 4) is 0 Å². The number of esters is 1. The Kier molecular flexibility index (Phi) is 5.23. The first-order valence-corrected chi connectivity index (χ1v) is 5.18. The summed E-state index contributed by atoms with van der Waals surface area (Å²) in [6.07, 6.45) is -2.57. The number of hydrogen-bond donors (Lipinski definition) is 0. The maximum atomic E-state index is 11.8. The first-order chi connectivity index (χ1) is 8.54. The van der Waals surface area contributed by atoms with Crippen molar-refractivity contribution in [3.05, 3.63) is 35.4 Å². The molecule has 0 N–H and O–H groups in total. The second kappa shape index (κ2) is 6.68. The Bertz CT molecular complexity index is 447. The molecule has 18 heavy (non-hydrogen) atoms. The molecule has 4 nitrogen and oxygen atoms in total. The van der Waals surface area contributed by atoms with Crippen LogP contribution in [0.15, 0.2) is 29.4 Å². The molecule has 0 fully saturated rings. The van der Waals surface area contributed by atoms with Gasteiger partial charge in [-0.3, -0.25) is 0 Å². The van der Waals surface area contributed by atoms with Crippen LogP contribution in [0.25, 0.3) is 0 Å². The average molecular weight is 257 g/mol. The number of benzene rings is 1. The number of carbonyl (C=O) groups excluding carboxylic acids is 1. The van der Waals surface area contributed by atoms with E-state index in [1.807, 2.05) is 0 Å². The van der Waals surface area contributed by atoms with Crippen LogP contribution in [0.5, 0.6) is 0 Å². The van der Waals surface area contributed by atoms with Gasteiger partial charge in [-0.05, 0) is 24.6 Å². The van der Waals surface area contributed by atoms with Crippen LogP contribution >= 0.6 is 0 Å². The smallest absolute Gasteiger partial charge is 0.337 e. The predicted molar refractivity (Wildman–Crippen MR) is 61.9 cm³/mol. The summed E-state index contributed by atoms with van der Waals surface area (Å²) in [5.74, 6) is -0.474. The molecule has 0 radical (unpaired) electrons. The molecule has 1 aromatic carbocycles. The molecule has 0 aliphatic rings. The number of rotatable bonds is 5. The molecule has 0 aromatic heterocycles. The van der Waals surface area contributed by atoms with Crippen LogP contribution < -0.4 is 0 Å². The molecule has 1 aromatic rings. The minimum Gasteiger partial charge on any atom is -0.465 e. The number of methoxy groups -OCH3 is 1. The van der Waals surface area contributed by atoms with E-state index in [4.69, 9.17) is 0 Å². The molecular formula is C12H13F2NO3. The van der Waals surface area contributed by atoms with Gasteiger partial charge >= 0.3 is 5.97 Å². The Morgan fingerprint density at radius 1 is 1.39 bits per heavy atom. The molecule has 0 atom stereocenters. The fourth-order valence-electron chi connectivity index (χ4n) is 1.23. The Balaban J connectivity index is 2.79. The third kappa shape index (κ3) is 4.12. The van der Waals surface area contributed by atoms with Crippen molar-refractivity contribution in [2.45, 2.75) is 13.3 Å². The molecule has 0 unspecified atom stereocenters. The second-order valence-electron chi connectivity index (χ2n) is 3.44. The van der Waals surface area contributed by atoms with E-state index in [9.17, 15) is 13.6 Å². The van der Waals surface area contributed by atoms with Crippen LogP contribution in [0, 0.1) is 0 Å². The van der Waals surface area contributed by atoms with Crippen molar-refractivity contribution in [1.29, 1.82) is 0 Å². The van der Waals surface area contributed by atoms with Crippen LogP contribution in [0.2, 0.25) is 0 Å². The summed E-state index contributed by atoms with van der Waals surface area (Å²) >= 11 is 0. The first-order valence-electron chi connectivity index (χ1n) is 5.18. The lowest BCUT2D eigenvalue weighted by Crippen LogP contribution is -2.05. The summed E-state index contributed by atoms with van der Waals surface area (Å²) in [5.41, 5.74) is 1.37. The van der Waals surface area contributed by atoms with Crippen molar-refractivity contribution in [1.82, 2.24) is 0 Å². The van der Waals surface area contributed by atoms with E-state index >= 15 is 0 Å². The summed E-state index contributed by atoms with van der Waals surface area (Å²) in [4.78, 5) is 15.8. The third-order valence-corrected chi connectivity index (χ3v) is 2.10. The zero-order valence-corrected chi connectivity index (χ0v) is 10.0. The molecule has 98 valence electrons. The van der Waals surface area contributed by atoms with Crippen LogP contribution in [0.1, 0.15) is 22.8 Å². The molecule has 0 aliphatic heterocycles. The summed E-state index contributed by atoms with van der Waals surface area (Å²) < 4.78 is 28.3. The number of halogens is 2. The fourth-order valence-corrected chi connectivity index (χ4v) is 1.23. The topological polar surface area (TPSA) is 47.9 Å². The molecule has 0 saturated heterocycles. The van der Waals surface area contributed by atoms with E-state index in [1.165, 1.54) is 7.11 Å². The summed E-state index contributed by atoms with van der Waals surface area (Å²) in [5, 5.41) is 3.55. The zero-order valence-electron chi connectivity index (χ0n) is 10.0. The minimum absolute atomic E-state index is 0.360. The van der Waals surface area contributed by atoms with Gasteiger partial charge in [0.05, 0.1) is 18.4 Å². The number of hydrogen-bond acceptors (Lipinski definition) is 4. The third-order valence-electron chi connectivity index (χ3n) is 2.10. The predicted octanol–water partition coefficient (Wildman–Crippen LogP) is 2.48. The SMILES string of the molecule is COC(=O)c1cccc(/C(C)=N\OCC(F)F)c1. The minimum atomic E-state index is -2.57. The number of nitrogens with zero attached hydrogens (tertiary/aromatic N) is 1. The summed E-state index contributed by atoms with van der Waals surface area (Å²) in [7, 11) is 1.28. The molecule has 0 saturated carbocycles. The van der Waals surface area contributed by atoms with Gasteiger partial charge in [-0.15, -0.1) is 0 Å². The molecule has 1 rings (SSSR count). The van der Waals surface area contributed by atoms with Crippen LogP contribution in [-0.2, 0) is 9.57 Å². The van der Waals surface area contributed by atoms with Gasteiger partial charge in [0.15, 0.2) is 6.61 Å². The van der Waals surface area contributed by atoms with Gasteiger partial charge in [0, 0.05) is 0 Å². The van der Waals surface area contributed by atoms with Gasteiger partial charge in [-0.2, -0.15) is 0 Å². The molecule has 0 bridgehead atoms. The van der Waals surface area contributed by atoms with E-state index in [2.05, 4.69) is 14.7 Å². The molecule has 6 heteroatoms. The van der Waals surface area contributed by atoms with E-state index in [-0.39, 0.29) is 0 Å². The highest BCUT2D eigenvalue weighted by molar-refractivity contribution is 6.00. The Morgan fingerprint density at radius 3 is 2.67 bits per heavy atom. The van der Waals surface area contributed by atoms with E-state index in [1.54, 1.807) is 31.2 Å². The normalized spacial score (nSPS) is 11.5. The van der Waals surface area contributed by atoms with E-state index in [0.717, 1.165) is 0 Å². The first kappa shape index (κ1) is 14.1. The zero-order chi connectivity index (χ0) is 13.5. The molecule has 0 amide bonds. The van der Waals surface area contributed by atoms with Gasteiger partial charge in [-0.1, -0.05) is 17.3 Å². The van der Waals surface area contributed by atoms with Crippen LogP contribution in [0.3, 0.4) is 0 Å². The Morgan fingerprint density at radius 2 is 2.06 bits per heavy atom. The van der Waals surface area contributed by atoms with Crippen molar-refractivity contribution < 1.29 is 23.1 Å². The van der Waals surface area contributed by atoms with Crippen molar-refractivity contribution >= 4 is 11.7 Å². The number of ether oxygens (including phenoxy) is 1. The van der Waals surface area contributed by atoms with Gasteiger partial charge in [0.2, 0.25) is 0 Å². The van der Waals surface area contributed by atoms with E-state index < -0.39 is 19.0 Å². The van der Waals surface area contributed by atoms with Crippen molar-refractivity contribution in [2.75, 3.05) is 13.7 Å². The largest absolute Gasteiger partial charge is 0.465 e. The summed E-state index contributed by atoms with van der Waals surface area (Å²) in [6.45, 7) is 0.843. The van der Waals surface area contributed by atoms with Crippen LogP contribution in [0.4, 0.5) is 8.78 Å². The summed E-state index contributed by atoms with van der Waals surface area (Å²) in [6, 6.07) is 6.48. The number of alkyl halides is 2. The fraction of sp³-hybridized carbons (Fsp3) is 0.333. The van der Waals surface area contributed by atoms with Gasteiger partial charge < -0.3 is 9.57 Å². The Labute approximate surface area is 103 Å². The quantitative estimate of drug-likeness (QED) is 0.462. The lowest BCUT2D eigenvalue weighted by atomic mass is 10.1. The van der Waals surface area contributed by atoms with Gasteiger partial charge in [0.1, 0.15) is 0 Å². The highest BCUT2D eigenvalue weighted by Crippen LogP contribution is 2.08. The van der Waals surface area contributed by atoms with Gasteiger partial charge in [0.25, 0.3) is 6.43 Å². The lowest BCUT2D eigenvalue weighted by Gasteiger charge is -2.04. The second-order valence-corrected chi connectivity index (χ2v) is 3.44. The standard InChI is InChI=1S/C12H13F2NO3/c1-8(15-18-7-11(13)14)9-4-3-5-10(6-9)12(16)17-2/h3-6,11H,7H2,1-2H3/b15-8-. The monoisotopic (exact) mass is 257 g/mol. The maximum absolute atomic E-state index is 11.8. The maximum Gasteiger partial charge on any atom is 0.337 e. The molecule has 0 heterocycles. The van der Waals surface area contributed by atoms with Crippen molar-refractivity contribution in [2.24, 2.45) is 5.16 Å². The van der Waals surface area contributed by atoms with Crippen LogP contribution in [-0.4, -0.2) is 31.8 Å². The Hall–Kier alpha value is -1.98. The van der Waals surface area contributed by atoms with Gasteiger partial charge in [-0.25, -0.2) is 13.6 Å².